The summed E-state index contributed by atoms with van der Waals surface area (Å²) < 4.78 is 15.8. The van der Waals surface area contributed by atoms with Gasteiger partial charge in [-0.3, -0.25) is 9.78 Å². The van der Waals surface area contributed by atoms with Crippen LogP contribution in [-0.4, -0.2) is 20.7 Å². The lowest BCUT2D eigenvalue weighted by Gasteiger charge is -2.15. The molecule has 0 atom stereocenters. The molecule has 5 nitrogen and oxygen atoms in total. The molecule has 3 aromatic rings. The van der Waals surface area contributed by atoms with Crippen molar-refractivity contribution in [3.63, 3.8) is 0 Å². The van der Waals surface area contributed by atoms with Crippen molar-refractivity contribution >= 4 is 11.7 Å². The van der Waals surface area contributed by atoms with Gasteiger partial charge >= 0.3 is 0 Å². The summed E-state index contributed by atoms with van der Waals surface area (Å²) >= 11 is 0. The third-order valence-corrected chi connectivity index (χ3v) is 4.55. The van der Waals surface area contributed by atoms with Crippen molar-refractivity contribution in [3.05, 3.63) is 71.9 Å². The number of nitrogens with zero attached hydrogens (tertiary/aromatic N) is 3. The van der Waals surface area contributed by atoms with Gasteiger partial charge in [-0.05, 0) is 38.0 Å². The van der Waals surface area contributed by atoms with Crippen molar-refractivity contribution in [2.75, 3.05) is 5.32 Å². The highest BCUT2D eigenvalue weighted by molar-refractivity contribution is 6.00. The fraction of sp³-hybridized carbons (Fsp3) is 0.211. The lowest BCUT2D eigenvalue weighted by molar-refractivity contribution is -0.118. The summed E-state index contributed by atoms with van der Waals surface area (Å²) in [4.78, 5) is 16.9. The molecular formula is C19H17FN4O. The van der Waals surface area contributed by atoms with Crippen molar-refractivity contribution in [2.24, 2.45) is 0 Å². The number of amides is 1. The number of halogens is 1. The van der Waals surface area contributed by atoms with Crippen molar-refractivity contribution in [3.8, 4) is 5.69 Å². The Morgan fingerprint density at radius 1 is 1.24 bits per heavy atom. The van der Waals surface area contributed by atoms with Crippen LogP contribution in [0.1, 0.15) is 24.1 Å². The number of aromatic nitrogens is 3. The van der Waals surface area contributed by atoms with Crippen LogP contribution in [0.25, 0.3) is 5.69 Å². The number of nitrogens with one attached hydrogen (secondary N) is 1. The predicted molar refractivity (Wildman–Crippen MR) is 92.0 cm³/mol. The third kappa shape index (κ3) is 2.80. The van der Waals surface area contributed by atoms with E-state index in [0.717, 1.165) is 11.4 Å². The zero-order valence-electron chi connectivity index (χ0n) is 13.7. The van der Waals surface area contributed by atoms with Gasteiger partial charge in [0.15, 0.2) is 5.82 Å². The second kappa shape index (κ2) is 5.81. The van der Waals surface area contributed by atoms with E-state index in [4.69, 9.17) is 0 Å². The maximum Gasteiger partial charge on any atom is 0.236 e. The Hall–Kier alpha value is -3.02. The molecule has 1 aliphatic rings. The molecule has 0 spiro atoms. The fourth-order valence-corrected chi connectivity index (χ4v) is 3.04. The zero-order chi connectivity index (χ0) is 17.4. The number of hydrogen-bond acceptors (Lipinski definition) is 3. The molecule has 0 unspecified atom stereocenters. The van der Waals surface area contributed by atoms with Crippen LogP contribution < -0.4 is 5.32 Å². The molecule has 0 aliphatic heterocycles. The molecule has 1 N–H and O–H groups in total. The summed E-state index contributed by atoms with van der Waals surface area (Å²) in [5.41, 5.74) is 1.43. The van der Waals surface area contributed by atoms with Gasteiger partial charge in [0, 0.05) is 29.7 Å². The standard InChI is InChI=1S/C19H17FN4O/c1-13-12-14(6-10-21-13)24-11-7-17(23-24)22-18(25)19(8-9-19)15-4-2-3-5-16(15)20/h2-7,10-12H,8-9H2,1H3,(H,22,23,25). The Morgan fingerprint density at radius 2 is 2.04 bits per heavy atom. The van der Waals surface area contributed by atoms with E-state index in [1.165, 1.54) is 6.07 Å². The molecule has 0 saturated heterocycles. The molecule has 4 rings (SSSR count). The summed E-state index contributed by atoms with van der Waals surface area (Å²) in [5, 5.41) is 7.20. The van der Waals surface area contributed by atoms with Gasteiger partial charge in [0.2, 0.25) is 5.91 Å². The second-order valence-corrected chi connectivity index (χ2v) is 6.32. The largest absolute Gasteiger partial charge is 0.308 e. The maximum absolute atomic E-state index is 14.1. The Kier molecular flexibility index (Phi) is 3.60. The van der Waals surface area contributed by atoms with Crippen LogP contribution >= 0.6 is 0 Å². The first kappa shape index (κ1) is 15.5. The quantitative estimate of drug-likeness (QED) is 0.794. The Labute approximate surface area is 144 Å². The second-order valence-electron chi connectivity index (χ2n) is 6.32. The lowest BCUT2D eigenvalue weighted by atomic mass is 9.94. The highest BCUT2D eigenvalue weighted by atomic mass is 19.1. The van der Waals surface area contributed by atoms with E-state index in [1.54, 1.807) is 41.3 Å². The van der Waals surface area contributed by atoms with E-state index in [2.05, 4.69) is 15.4 Å². The first-order valence-corrected chi connectivity index (χ1v) is 8.14. The molecule has 6 heteroatoms. The van der Waals surface area contributed by atoms with Gasteiger partial charge in [-0.25, -0.2) is 9.07 Å². The van der Waals surface area contributed by atoms with Crippen LogP contribution in [0.5, 0.6) is 0 Å². The normalized spacial score (nSPS) is 15.0. The predicted octanol–water partition coefficient (Wildman–Crippen LogP) is 3.39. The fourth-order valence-electron chi connectivity index (χ4n) is 3.04. The molecule has 1 fully saturated rings. The smallest absolute Gasteiger partial charge is 0.236 e. The molecular weight excluding hydrogens is 319 g/mol. The Balaban J connectivity index is 1.55. The molecule has 2 heterocycles. The number of carbonyl (C=O) groups is 1. The van der Waals surface area contributed by atoms with Crippen LogP contribution in [-0.2, 0) is 10.2 Å². The van der Waals surface area contributed by atoms with Crippen molar-refractivity contribution < 1.29 is 9.18 Å². The number of aryl methyl sites for hydroxylation is 1. The minimum atomic E-state index is -0.775. The van der Waals surface area contributed by atoms with Crippen LogP contribution in [0, 0.1) is 12.7 Å². The van der Waals surface area contributed by atoms with Crippen LogP contribution in [0.15, 0.2) is 54.9 Å². The van der Waals surface area contributed by atoms with Crippen molar-refractivity contribution in [1.82, 2.24) is 14.8 Å². The summed E-state index contributed by atoms with van der Waals surface area (Å²) in [7, 11) is 0. The van der Waals surface area contributed by atoms with Gasteiger partial charge in [0.1, 0.15) is 5.82 Å². The highest BCUT2D eigenvalue weighted by Gasteiger charge is 2.52. The third-order valence-electron chi connectivity index (χ3n) is 4.55. The average molecular weight is 336 g/mol. The monoisotopic (exact) mass is 336 g/mol. The van der Waals surface area contributed by atoms with E-state index < -0.39 is 5.41 Å². The summed E-state index contributed by atoms with van der Waals surface area (Å²) in [6, 6.07) is 11.9. The van der Waals surface area contributed by atoms with Gasteiger partial charge in [-0.15, -0.1) is 0 Å². The molecule has 0 bridgehead atoms. The minimum Gasteiger partial charge on any atom is -0.308 e. The van der Waals surface area contributed by atoms with Gasteiger partial charge in [0.05, 0.1) is 11.1 Å². The molecule has 1 aromatic carbocycles. The lowest BCUT2D eigenvalue weighted by Crippen LogP contribution is -2.29. The molecule has 1 aliphatic carbocycles. The minimum absolute atomic E-state index is 0.214. The molecule has 25 heavy (non-hydrogen) atoms. The molecule has 126 valence electrons. The van der Waals surface area contributed by atoms with Crippen LogP contribution in [0.2, 0.25) is 0 Å². The summed E-state index contributed by atoms with van der Waals surface area (Å²) in [6.45, 7) is 1.90. The van der Waals surface area contributed by atoms with Gasteiger partial charge in [-0.2, -0.15) is 5.10 Å². The zero-order valence-corrected chi connectivity index (χ0v) is 13.7. The first-order valence-electron chi connectivity index (χ1n) is 8.14. The van der Waals surface area contributed by atoms with E-state index in [0.29, 0.717) is 24.2 Å². The van der Waals surface area contributed by atoms with Crippen LogP contribution in [0.3, 0.4) is 0 Å². The number of hydrogen-bond donors (Lipinski definition) is 1. The van der Waals surface area contributed by atoms with Gasteiger partial charge in [-0.1, -0.05) is 18.2 Å². The number of rotatable bonds is 4. The van der Waals surface area contributed by atoms with E-state index in [9.17, 15) is 9.18 Å². The molecule has 2 aromatic heterocycles. The molecule has 1 amide bonds. The number of carbonyl (C=O) groups excluding carboxylic acids is 1. The number of pyridine rings is 1. The molecule has 0 radical (unpaired) electrons. The summed E-state index contributed by atoms with van der Waals surface area (Å²) in [5.74, 6) is -0.108. The SMILES string of the molecule is Cc1cc(-n2ccc(NC(=O)C3(c4ccccc4F)CC3)n2)ccn1. The van der Waals surface area contributed by atoms with E-state index >= 15 is 0 Å². The topological polar surface area (TPSA) is 59.8 Å². The summed E-state index contributed by atoms with van der Waals surface area (Å²) in [6.07, 6.45) is 4.77. The van der Waals surface area contributed by atoms with Crippen LogP contribution in [0.4, 0.5) is 10.2 Å². The number of benzene rings is 1. The van der Waals surface area contributed by atoms with Gasteiger partial charge in [0.25, 0.3) is 0 Å². The Bertz CT molecular complexity index is 946. The van der Waals surface area contributed by atoms with Gasteiger partial charge < -0.3 is 5.32 Å². The van der Waals surface area contributed by atoms with E-state index in [1.807, 2.05) is 19.1 Å². The average Bonchev–Trinajstić information content (AvgIpc) is 3.28. The van der Waals surface area contributed by atoms with Crippen molar-refractivity contribution in [1.29, 1.82) is 0 Å². The van der Waals surface area contributed by atoms with Crippen molar-refractivity contribution in [2.45, 2.75) is 25.2 Å². The highest BCUT2D eigenvalue weighted by Crippen LogP contribution is 2.49. The first-order chi connectivity index (χ1) is 12.1. The molecule has 1 saturated carbocycles. The number of anilines is 1. The maximum atomic E-state index is 14.1. The van der Waals surface area contributed by atoms with E-state index in [-0.39, 0.29) is 11.7 Å². The Morgan fingerprint density at radius 3 is 2.76 bits per heavy atom.